The zero-order valence-electron chi connectivity index (χ0n) is 12.3. The number of likely N-dealkylation sites (tertiary alicyclic amines) is 1. The Bertz CT molecular complexity index is 571. The number of aromatic nitrogens is 1. The summed E-state index contributed by atoms with van der Waals surface area (Å²) in [5.74, 6) is 0. The third-order valence-corrected chi connectivity index (χ3v) is 4.27. The molecule has 2 heterocycles. The number of rotatable bonds is 3. The second-order valence-electron chi connectivity index (χ2n) is 5.99. The zero-order valence-corrected chi connectivity index (χ0v) is 12.3. The van der Waals surface area contributed by atoms with E-state index in [1.165, 1.54) is 42.4 Å². The van der Waals surface area contributed by atoms with E-state index in [0.717, 1.165) is 0 Å². The largest absolute Gasteiger partial charge is 0.382 e. The number of piperidine rings is 1. The zero-order chi connectivity index (χ0) is 13.9. The van der Waals surface area contributed by atoms with Gasteiger partial charge in [0.1, 0.15) is 0 Å². The molecule has 0 aliphatic carbocycles. The maximum absolute atomic E-state index is 4.16. The molecule has 106 valence electrons. The van der Waals surface area contributed by atoms with Crippen molar-refractivity contribution in [3.05, 3.63) is 36.7 Å². The molecule has 0 amide bonds. The Hall–Kier alpha value is -1.61. The number of hydrogen-bond acceptors (Lipinski definition) is 3. The van der Waals surface area contributed by atoms with Crippen LogP contribution in [0.2, 0.25) is 0 Å². The average Bonchev–Trinajstić information content (AvgIpc) is 2.48. The van der Waals surface area contributed by atoms with E-state index in [0.29, 0.717) is 12.1 Å². The van der Waals surface area contributed by atoms with Gasteiger partial charge in [0.05, 0.1) is 0 Å². The number of nitrogens with one attached hydrogen (secondary N) is 1. The molecule has 0 atom stereocenters. The van der Waals surface area contributed by atoms with Crippen molar-refractivity contribution in [3.8, 4) is 0 Å². The number of benzene rings is 1. The SMILES string of the molecule is CC(C)N1CCC(Nc2ccc3cnccc3c2)CC1. The minimum atomic E-state index is 0.601. The van der Waals surface area contributed by atoms with Gasteiger partial charge in [-0.1, -0.05) is 6.07 Å². The fourth-order valence-corrected chi connectivity index (χ4v) is 2.97. The molecule has 3 rings (SSSR count). The van der Waals surface area contributed by atoms with Gasteiger partial charge in [-0.15, -0.1) is 0 Å². The highest BCUT2D eigenvalue weighted by molar-refractivity contribution is 5.84. The Morgan fingerprint density at radius 1 is 1.15 bits per heavy atom. The van der Waals surface area contributed by atoms with Gasteiger partial charge in [0, 0.05) is 48.6 Å². The van der Waals surface area contributed by atoms with Crippen molar-refractivity contribution in [3.63, 3.8) is 0 Å². The van der Waals surface area contributed by atoms with E-state index in [9.17, 15) is 0 Å². The molecule has 20 heavy (non-hydrogen) atoms. The molecule has 1 fully saturated rings. The Balaban J connectivity index is 1.65. The van der Waals surface area contributed by atoms with Crippen LogP contribution in [0.15, 0.2) is 36.7 Å². The van der Waals surface area contributed by atoms with Gasteiger partial charge in [-0.3, -0.25) is 4.98 Å². The summed E-state index contributed by atoms with van der Waals surface area (Å²) in [5, 5.41) is 6.14. The van der Waals surface area contributed by atoms with E-state index in [1.807, 2.05) is 12.4 Å². The molecule has 1 aromatic heterocycles. The molecule has 3 heteroatoms. The van der Waals surface area contributed by atoms with Crippen LogP contribution in [-0.2, 0) is 0 Å². The molecule has 0 unspecified atom stereocenters. The monoisotopic (exact) mass is 269 g/mol. The number of anilines is 1. The fourth-order valence-electron chi connectivity index (χ4n) is 2.97. The van der Waals surface area contributed by atoms with E-state index >= 15 is 0 Å². The Labute approximate surface area is 121 Å². The molecule has 1 N–H and O–H groups in total. The van der Waals surface area contributed by atoms with Gasteiger partial charge in [0.2, 0.25) is 0 Å². The van der Waals surface area contributed by atoms with E-state index < -0.39 is 0 Å². The first-order valence-corrected chi connectivity index (χ1v) is 7.57. The minimum absolute atomic E-state index is 0.601. The number of pyridine rings is 1. The molecule has 0 bridgehead atoms. The highest BCUT2D eigenvalue weighted by Crippen LogP contribution is 2.21. The standard InChI is InChI=1S/C17H23N3/c1-13(2)20-9-6-16(7-10-20)19-17-4-3-15-12-18-8-5-14(15)11-17/h3-5,8,11-13,16,19H,6-7,9-10H2,1-2H3. The molecule has 1 aromatic carbocycles. The first-order chi connectivity index (χ1) is 9.72. The molecule has 2 aromatic rings. The van der Waals surface area contributed by atoms with Crippen LogP contribution in [0.4, 0.5) is 5.69 Å². The molecular weight excluding hydrogens is 246 g/mol. The van der Waals surface area contributed by atoms with E-state index in [-0.39, 0.29) is 0 Å². The summed E-state index contributed by atoms with van der Waals surface area (Å²) in [5.41, 5.74) is 1.23. The molecule has 0 radical (unpaired) electrons. The number of nitrogens with zero attached hydrogens (tertiary/aromatic N) is 2. The average molecular weight is 269 g/mol. The van der Waals surface area contributed by atoms with E-state index in [2.05, 4.69) is 53.3 Å². The van der Waals surface area contributed by atoms with Crippen LogP contribution in [0, 0.1) is 0 Å². The molecule has 3 nitrogen and oxygen atoms in total. The third kappa shape index (κ3) is 2.93. The van der Waals surface area contributed by atoms with Crippen LogP contribution in [0.1, 0.15) is 26.7 Å². The number of fused-ring (bicyclic) bond motifs is 1. The van der Waals surface area contributed by atoms with Crippen molar-refractivity contribution in [2.75, 3.05) is 18.4 Å². The van der Waals surface area contributed by atoms with Gasteiger partial charge in [-0.2, -0.15) is 0 Å². The van der Waals surface area contributed by atoms with Crippen molar-refractivity contribution in [1.29, 1.82) is 0 Å². The van der Waals surface area contributed by atoms with Crippen molar-refractivity contribution in [1.82, 2.24) is 9.88 Å². The Morgan fingerprint density at radius 2 is 1.95 bits per heavy atom. The van der Waals surface area contributed by atoms with Crippen molar-refractivity contribution in [2.24, 2.45) is 0 Å². The van der Waals surface area contributed by atoms with Gasteiger partial charge < -0.3 is 10.2 Å². The summed E-state index contributed by atoms with van der Waals surface area (Å²) >= 11 is 0. The lowest BCUT2D eigenvalue weighted by Crippen LogP contribution is -2.42. The lowest BCUT2D eigenvalue weighted by Gasteiger charge is -2.35. The summed E-state index contributed by atoms with van der Waals surface area (Å²) in [7, 11) is 0. The quantitative estimate of drug-likeness (QED) is 0.924. The molecule has 0 spiro atoms. The van der Waals surface area contributed by atoms with Crippen LogP contribution in [0.3, 0.4) is 0 Å². The second-order valence-corrected chi connectivity index (χ2v) is 5.99. The summed E-state index contributed by atoms with van der Waals surface area (Å²) in [6, 6.07) is 9.88. The highest BCUT2D eigenvalue weighted by Gasteiger charge is 2.20. The topological polar surface area (TPSA) is 28.2 Å². The van der Waals surface area contributed by atoms with Crippen molar-refractivity contribution >= 4 is 16.5 Å². The lowest BCUT2D eigenvalue weighted by molar-refractivity contribution is 0.177. The molecule has 1 saturated heterocycles. The molecule has 0 saturated carbocycles. The minimum Gasteiger partial charge on any atom is -0.382 e. The van der Waals surface area contributed by atoms with Crippen LogP contribution in [0.25, 0.3) is 10.8 Å². The predicted octanol–water partition coefficient (Wildman–Crippen LogP) is 3.52. The predicted molar refractivity (Wildman–Crippen MR) is 85.1 cm³/mol. The summed E-state index contributed by atoms with van der Waals surface area (Å²) in [6.07, 6.45) is 6.23. The van der Waals surface area contributed by atoms with Gasteiger partial charge in [-0.05, 0) is 50.3 Å². The second kappa shape index (κ2) is 5.80. The van der Waals surface area contributed by atoms with Crippen LogP contribution in [-0.4, -0.2) is 35.1 Å². The smallest absolute Gasteiger partial charge is 0.0348 e. The highest BCUT2D eigenvalue weighted by atomic mass is 15.2. The van der Waals surface area contributed by atoms with Crippen LogP contribution >= 0.6 is 0 Å². The number of hydrogen-bond donors (Lipinski definition) is 1. The van der Waals surface area contributed by atoms with Gasteiger partial charge in [0.25, 0.3) is 0 Å². The first kappa shape index (κ1) is 13.4. The normalized spacial score (nSPS) is 17.8. The Morgan fingerprint density at radius 3 is 2.70 bits per heavy atom. The van der Waals surface area contributed by atoms with Crippen LogP contribution in [0.5, 0.6) is 0 Å². The molecule has 1 aliphatic heterocycles. The van der Waals surface area contributed by atoms with Crippen molar-refractivity contribution < 1.29 is 0 Å². The Kier molecular flexibility index (Phi) is 3.88. The fraction of sp³-hybridized carbons (Fsp3) is 0.471. The van der Waals surface area contributed by atoms with Gasteiger partial charge >= 0.3 is 0 Å². The van der Waals surface area contributed by atoms with E-state index in [4.69, 9.17) is 0 Å². The maximum Gasteiger partial charge on any atom is 0.0348 e. The summed E-state index contributed by atoms with van der Waals surface area (Å²) in [4.78, 5) is 6.72. The third-order valence-electron chi connectivity index (χ3n) is 4.27. The van der Waals surface area contributed by atoms with Crippen molar-refractivity contribution in [2.45, 2.75) is 38.8 Å². The first-order valence-electron chi connectivity index (χ1n) is 7.57. The maximum atomic E-state index is 4.16. The molecule has 1 aliphatic rings. The van der Waals surface area contributed by atoms with Gasteiger partial charge in [0.15, 0.2) is 0 Å². The lowest BCUT2D eigenvalue weighted by atomic mass is 10.0. The summed E-state index contributed by atoms with van der Waals surface area (Å²) in [6.45, 7) is 6.97. The van der Waals surface area contributed by atoms with Gasteiger partial charge in [-0.25, -0.2) is 0 Å². The summed E-state index contributed by atoms with van der Waals surface area (Å²) < 4.78 is 0. The van der Waals surface area contributed by atoms with Crippen LogP contribution < -0.4 is 5.32 Å². The van der Waals surface area contributed by atoms with E-state index in [1.54, 1.807) is 0 Å². The molecular formula is C17H23N3.